The SMILES string of the molecule is COc1cc(CNCc2ccccn2)ccc1OCc1cccs1.Cl. The van der Waals surface area contributed by atoms with Crippen molar-refractivity contribution in [3.8, 4) is 11.5 Å². The Hall–Kier alpha value is -2.08. The molecule has 0 saturated carbocycles. The third-order valence-electron chi connectivity index (χ3n) is 3.54. The molecule has 1 N–H and O–H groups in total. The van der Waals surface area contributed by atoms with Crippen molar-refractivity contribution in [1.29, 1.82) is 0 Å². The van der Waals surface area contributed by atoms with E-state index in [0.29, 0.717) is 6.61 Å². The average Bonchev–Trinajstić information content (AvgIpc) is 3.15. The molecule has 0 bridgehead atoms. The molecule has 132 valence electrons. The number of hydrogen-bond donors (Lipinski definition) is 1. The molecule has 0 unspecified atom stereocenters. The first kappa shape index (κ1) is 19.2. The quantitative estimate of drug-likeness (QED) is 0.631. The topological polar surface area (TPSA) is 43.4 Å². The van der Waals surface area contributed by atoms with Crippen molar-refractivity contribution in [2.24, 2.45) is 0 Å². The number of methoxy groups -OCH3 is 1. The third kappa shape index (κ3) is 5.74. The number of pyridine rings is 1. The van der Waals surface area contributed by atoms with E-state index in [0.717, 1.165) is 35.8 Å². The Labute approximate surface area is 158 Å². The molecule has 4 nitrogen and oxygen atoms in total. The fourth-order valence-corrected chi connectivity index (χ4v) is 2.94. The normalized spacial score (nSPS) is 10.1. The van der Waals surface area contributed by atoms with Gasteiger partial charge in [-0.15, -0.1) is 23.7 Å². The van der Waals surface area contributed by atoms with E-state index in [2.05, 4.69) is 22.4 Å². The minimum atomic E-state index is 0. The molecule has 2 heterocycles. The van der Waals surface area contributed by atoms with Gasteiger partial charge in [-0.05, 0) is 41.3 Å². The van der Waals surface area contributed by atoms with Crippen molar-refractivity contribution < 1.29 is 9.47 Å². The van der Waals surface area contributed by atoms with E-state index >= 15 is 0 Å². The Kier molecular flexibility index (Phi) is 7.73. The molecular weight excluding hydrogens is 356 g/mol. The Morgan fingerprint density at radius 1 is 1.04 bits per heavy atom. The van der Waals surface area contributed by atoms with Crippen LogP contribution in [0, 0.1) is 0 Å². The molecule has 3 aromatic rings. The van der Waals surface area contributed by atoms with Gasteiger partial charge in [0.25, 0.3) is 0 Å². The van der Waals surface area contributed by atoms with Gasteiger partial charge in [-0.1, -0.05) is 18.2 Å². The molecule has 0 amide bonds. The number of thiophene rings is 1. The summed E-state index contributed by atoms with van der Waals surface area (Å²) in [5, 5.41) is 5.43. The monoisotopic (exact) mass is 376 g/mol. The van der Waals surface area contributed by atoms with E-state index in [1.54, 1.807) is 24.6 Å². The van der Waals surface area contributed by atoms with Gasteiger partial charge in [0, 0.05) is 24.2 Å². The van der Waals surface area contributed by atoms with Gasteiger partial charge >= 0.3 is 0 Å². The van der Waals surface area contributed by atoms with Crippen LogP contribution in [0.3, 0.4) is 0 Å². The summed E-state index contributed by atoms with van der Waals surface area (Å²) in [5.74, 6) is 1.52. The third-order valence-corrected chi connectivity index (χ3v) is 4.39. The number of benzene rings is 1. The van der Waals surface area contributed by atoms with E-state index < -0.39 is 0 Å². The fraction of sp³-hybridized carbons (Fsp3) is 0.211. The van der Waals surface area contributed by atoms with E-state index in [1.165, 1.54) is 4.88 Å². The molecule has 0 spiro atoms. The van der Waals surface area contributed by atoms with Gasteiger partial charge in [0.2, 0.25) is 0 Å². The van der Waals surface area contributed by atoms with Crippen LogP contribution >= 0.6 is 23.7 Å². The molecule has 0 aliphatic rings. The maximum Gasteiger partial charge on any atom is 0.161 e. The standard InChI is InChI=1S/C19H20N2O2S.ClH/c1-22-19-11-15(12-20-13-16-5-2-3-9-21-16)7-8-18(19)23-14-17-6-4-10-24-17;/h2-11,20H,12-14H2,1H3;1H. The van der Waals surface area contributed by atoms with Crippen LogP contribution in [0.1, 0.15) is 16.1 Å². The summed E-state index contributed by atoms with van der Waals surface area (Å²) in [6, 6.07) is 16.0. The predicted octanol–water partition coefficient (Wildman–Crippen LogP) is 4.44. The largest absolute Gasteiger partial charge is 0.493 e. The van der Waals surface area contributed by atoms with Gasteiger partial charge in [0.15, 0.2) is 11.5 Å². The van der Waals surface area contributed by atoms with Crippen LogP contribution in [-0.2, 0) is 19.7 Å². The van der Waals surface area contributed by atoms with Crippen molar-refractivity contribution in [3.05, 3.63) is 76.2 Å². The molecule has 0 saturated heterocycles. The Balaban J connectivity index is 0.00000225. The minimum absolute atomic E-state index is 0. The highest BCUT2D eigenvalue weighted by molar-refractivity contribution is 7.09. The minimum Gasteiger partial charge on any atom is -0.493 e. The number of hydrogen-bond acceptors (Lipinski definition) is 5. The smallest absolute Gasteiger partial charge is 0.161 e. The maximum absolute atomic E-state index is 5.86. The molecule has 3 rings (SSSR count). The summed E-state index contributed by atoms with van der Waals surface area (Å²) in [5.41, 5.74) is 2.17. The molecular formula is C19H21ClN2O2S. The van der Waals surface area contributed by atoms with Crippen LogP contribution < -0.4 is 14.8 Å². The van der Waals surface area contributed by atoms with E-state index in [9.17, 15) is 0 Å². The van der Waals surface area contributed by atoms with E-state index in [-0.39, 0.29) is 12.4 Å². The van der Waals surface area contributed by atoms with Crippen molar-refractivity contribution >= 4 is 23.7 Å². The molecule has 2 aromatic heterocycles. The first-order valence-corrected chi connectivity index (χ1v) is 8.66. The van der Waals surface area contributed by atoms with Crippen LogP contribution in [0.25, 0.3) is 0 Å². The highest BCUT2D eigenvalue weighted by atomic mass is 35.5. The molecule has 0 aliphatic carbocycles. The van der Waals surface area contributed by atoms with Gasteiger partial charge in [-0.2, -0.15) is 0 Å². The lowest BCUT2D eigenvalue weighted by Gasteiger charge is -2.12. The molecule has 0 radical (unpaired) electrons. The maximum atomic E-state index is 5.86. The molecule has 0 aliphatic heterocycles. The number of aromatic nitrogens is 1. The van der Waals surface area contributed by atoms with E-state index in [1.807, 2.05) is 41.8 Å². The van der Waals surface area contributed by atoms with Crippen molar-refractivity contribution in [2.75, 3.05) is 7.11 Å². The Morgan fingerprint density at radius 2 is 1.96 bits per heavy atom. The first-order valence-electron chi connectivity index (χ1n) is 7.78. The predicted molar refractivity (Wildman–Crippen MR) is 104 cm³/mol. The lowest BCUT2D eigenvalue weighted by atomic mass is 10.2. The molecule has 0 fully saturated rings. The second-order valence-electron chi connectivity index (χ2n) is 5.28. The van der Waals surface area contributed by atoms with Crippen LogP contribution in [0.4, 0.5) is 0 Å². The lowest BCUT2D eigenvalue weighted by molar-refractivity contribution is 0.287. The highest BCUT2D eigenvalue weighted by Gasteiger charge is 2.07. The average molecular weight is 377 g/mol. The van der Waals surface area contributed by atoms with Gasteiger partial charge < -0.3 is 14.8 Å². The van der Waals surface area contributed by atoms with Crippen LogP contribution in [0.15, 0.2) is 60.1 Å². The van der Waals surface area contributed by atoms with Crippen molar-refractivity contribution in [1.82, 2.24) is 10.3 Å². The van der Waals surface area contributed by atoms with Crippen molar-refractivity contribution in [2.45, 2.75) is 19.7 Å². The zero-order valence-electron chi connectivity index (χ0n) is 14.0. The number of nitrogens with one attached hydrogen (secondary N) is 1. The summed E-state index contributed by atoms with van der Waals surface area (Å²) in [6.07, 6.45) is 1.81. The van der Waals surface area contributed by atoms with Gasteiger partial charge in [0.05, 0.1) is 12.8 Å². The van der Waals surface area contributed by atoms with Gasteiger partial charge in [0.1, 0.15) is 6.61 Å². The molecule has 25 heavy (non-hydrogen) atoms. The van der Waals surface area contributed by atoms with Crippen molar-refractivity contribution in [3.63, 3.8) is 0 Å². The summed E-state index contributed by atoms with van der Waals surface area (Å²) < 4.78 is 11.3. The molecule has 1 aromatic carbocycles. The number of halogens is 1. The van der Waals surface area contributed by atoms with Crippen LogP contribution in [-0.4, -0.2) is 12.1 Å². The first-order chi connectivity index (χ1) is 11.8. The number of nitrogens with zero attached hydrogens (tertiary/aromatic N) is 1. The fourth-order valence-electron chi connectivity index (χ4n) is 2.32. The van der Waals surface area contributed by atoms with Gasteiger partial charge in [-0.25, -0.2) is 0 Å². The summed E-state index contributed by atoms with van der Waals surface area (Å²) in [6.45, 7) is 2.04. The number of rotatable bonds is 8. The second-order valence-corrected chi connectivity index (χ2v) is 6.31. The van der Waals surface area contributed by atoms with E-state index in [4.69, 9.17) is 9.47 Å². The summed E-state index contributed by atoms with van der Waals surface area (Å²) in [4.78, 5) is 5.49. The Bertz CT molecular complexity index is 751. The molecule has 0 atom stereocenters. The zero-order valence-corrected chi connectivity index (χ0v) is 15.6. The zero-order chi connectivity index (χ0) is 16.6. The highest BCUT2D eigenvalue weighted by Crippen LogP contribution is 2.29. The molecule has 6 heteroatoms. The number of ether oxygens (including phenoxy) is 2. The van der Waals surface area contributed by atoms with Gasteiger partial charge in [-0.3, -0.25) is 4.98 Å². The summed E-state index contributed by atoms with van der Waals surface area (Å²) >= 11 is 1.69. The summed E-state index contributed by atoms with van der Waals surface area (Å²) in [7, 11) is 1.67. The Morgan fingerprint density at radius 3 is 2.68 bits per heavy atom. The lowest BCUT2D eigenvalue weighted by Crippen LogP contribution is -2.13. The van der Waals surface area contributed by atoms with Crippen LogP contribution in [0.5, 0.6) is 11.5 Å². The van der Waals surface area contributed by atoms with Crippen LogP contribution in [0.2, 0.25) is 0 Å². The second kappa shape index (κ2) is 10.0.